The molecule has 0 aliphatic carbocycles. The number of hydrogen-bond donors (Lipinski definition) is 1. The fourth-order valence-electron chi connectivity index (χ4n) is 3.15. The molecule has 4 rings (SSSR count). The van der Waals surface area contributed by atoms with E-state index in [0.29, 0.717) is 26.1 Å². The second-order valence-corrected chi connectivity index (χ2v) is 7.29. The molecule has 8 nitrogen and oxygen atoms in total. The lowest BCUT2D eigenvalue weighted by molar-refractivity contribution is -0.131. The van der Waals surface area contributed by atoms with Crippen molar-refractivity contribution >= 4 is 39.2 Å². The third-order valence-corrected chi connectivity index (χ3v) is 5.72. The van der Waals surface area contributed by atoms with E-state index in [1.165, 1.54) is 0 Å². The van der Waals surface area contributed by atoms with Crippen molar-refractivity contribution in [3.8, 4) is 0 Å². The Labute approximate surface area is 161 Å². The summed E-state index contributed by atoms with van der Waals surface area (Å²) < 4.78 is 1.04. The average Bonchev–Trinajstić information content (AvgIpc) is 3.11. The minimum atomic E-state index is 0.156. The Hall–Kier alpha value is -2.81. The smallest absolute Gasteiger partial charge is 0.225 e. The molecule has 0 aromatic carbocycles. The number of nitrogens with zero attached hydrogens (tertiary/aromatic N) is 6. The van der Waals surface area contributed by atoms with Gasteiger partial charge in [0, 0.05) is 51.5 Å². The number of rotatable bonds is 5. The highest BCUT2D eigenvalue weighted by Gasteiger charge is 2.22. The zero-order valence-electron chi connectivity index (χ0n) is 15.1. The van der Waals surface area contributed by atoms with E-state index in [1.54, 1.807) is 36.1 Å². The number of nitrogens with one attached hydrogen (secondary N) is 1. The van der Waals surface area contributed by atoms with Crippen LogP contribution in [0.1, 0.15) is 12.0 Å². The second-order valence-electron chi connectivity index (χ2n) is 6.41. The highest BCUT2D eigenvalue weighted by Crippen LogP contribution is 2.28. The van der Waals surface area contributed by atoms with Crippen LogP contribution in [0, 0.1) is 6.92 Å². The molecule has 9 heteroatoms. The van der Waals surface area contributed by atoms with E-state index in [9.17, 15) is 4.79 Å². The number of fused-ring (bicyclic) bond motifs is 1. The van der Waals surface area contributed by atoms with Gasteiger partial charge in [-0.05, 0) is 23.9 Å². The summed E-state index contributed by atoms with van der Waals surface area (Å²) in [6, 6.07) is 1.80. The van der Waals surface area contributed by atoms with Gasteiger partial charge in [0.1, 0.15) is 12.1 Å². The number of carbonyl (C=O) groups excluding carboxylic acids is 1. The maximum atomic E-state index is 12.5. The van der Waals surface area contributed by atoms with Crippen LogP contribution in [0.2, 0.25) is 0 Å². The van der Waals surface area contributed by atoms with Crippen molar-refractivity contribution in [3.05, 3.63) is 35.7 Å². The molecule has 3 aromatic heterocycles. The molecular weight excluding hydrogens is 362 g/mol. The van der Waals surface area contributed by atoms with Gasteiger partial charge in [-0.2, -0.15) is 0 Å². The Balaban J connectivity index is 1.28. The lowest BCUT2D eigenvalue weighted by atomic mass is 10.2. The van der Waals surface area contributed by atoms with Gasteiger partial charge in [0.2, 0.25) is 11.9 Å². The third kappa shape index (κ3) is 3.82. The summed E-state index contributed by atoms with van der Waals surface area (Å²) in [7, 11) is 0. The van der Waals surface area contributed by atoms with Crippen LogP contribution < -0.4 is 10.2 Å². The minimum Gasteiger partial charge on any atom is -0.368 e. The SMILES string of the molecule is Cc1csc2c(NCCC(=O)N3CCN(c4ncccn4)CC3)ncnc12. The summed E-state index contributed by atoms with van der Waals surface area (Å²) >= 11 is 1.63. The number of amides is 1. The van der Waals surface area contributed by atoms with Gasteiger partial charge in [0.25, 0.3) is 0 Å². The summed E-state index contributed by atoms with van der Waals surface area (Å²) in [6.45, 7) is 5.50. The van der Waals surface area contributed by atoms with Gasteiger partial charge >= 0.3 is 0 Å². The number of carbonyl (C=O) groups is 1. The lowest BCUT2D eigenvalue weighted by Crippen LogP contribution is -2.49. The molecule has 0 radical (unpaired) electrons. The van der Waals surface area contributed by atoms with Crippen LogP contribution in [0.25, 0.3) is 10.2 Å². The zero-order chi connectivity index (χ0) is 18.6. The lowest BCUT2D eigenvalue weighted by Gasteiger charge is -2.34. The van der Waals surface area contributed by atoms with Crippen molar-refractivity contribution < 1.29 is 4.79 Å². The van der Waals surface area contributed by atoms with Crippen LogP contribution in [0.5, 0.6) is 0 Å². The molecule has 0 spiro atoms. The Morgan fingerprint density at radius 2 is 1.93 bits per heavy atom. The number of thiophene rings is 1. The maximum absolute atomic E-state index is 12.5. The molecule has 1 aliphatic heterocycles. The van der Waals surface area contributed by atoms with Gasteiger partial charge in [-0.25, -0.2) is 19.9 Å². The molecule has 4 heterocycles. The standard InChI is InChI=1S/C18H21N7OS/c1-13-11-27-16-15(13)22-12-23-17(16)19-6-3-14(26)24-7-9-25(10-8-24)18-20-4-2-5-21-18/h2,4-5,11-12H,3,6-10H2,1H3,(H,19,22,23). The molecule has 140 valence electrons. The first-order valence-corrected chi connectivity index (χ1v) is 9.83. The first-order chi connectivity index (χ1) is 13.2. The van der Waals surface area contributed by atoms with Gasteiger partial charge in [0.15, 0.2) is 0 Å². The average molecular weight is 383 g/mol. The van der Waals surface area contributed by atoms with Crippen LogP contribution in [0.3, 0.4) is 0 Å². The van der Waals surface area contributed by atoms with Crippen molar-refractivity contribution in [2.75, 3.05) is 42.9 Å². The largest absolute Gasteiger partial charge is 0.368 e. The first kappa shape index (κ1) is 17.6. The van der Waals surface area contributed by atoms with Crippen molar-refractivity contribution in [1.29, 1.82) is 0 Å². The summed E-state index contributed by atoms with van der Waals surface area (Å²) in [6.07, 6.45) is 5.49. The monoisotopic (exact) mass is 383 g/mol. The van der Waals surface area contributed by atoms with Crippen molar-refractivity contribution in [3.63, 3.8) is 0 Å². The Kier molecular flexibility index (Phi) is 5.10. The summed E-state index contributed by atoms with van der Waals surface area (Å²) in [4.78, 5) is 33.7. The van der Waals surface area contributed by atoms with Gasteiger partial charge < -0.3 is 15.1 Å². The van der Waals surface area contributed by atoms with Crippen molar-refractivity contribution in [2.45, 2.75) is 13.3 Å². The quantitative estimate of drug-likeness (QED) is 0.720. The Morgan fingerprint density at radius 3 is 2.70 bits per heavy atom. The third-order valence-electron chi connectivity index (χ3n) is 4.63. The number of anilines is 2. The summed E-state index contributed by atoms with van der Waals surface area (Å²) in [5, 5.41) is 5.36. The molecule has 1 N–H and O–H groups in total. The predicted octanol–water partition coefficient (Wildman–Crippen LogP) is 1.94. The summed E-state index contributed by atoms with van der Waals surface area (Å²) in [5.74, 6) is 1.69. The van der Waals surface area contributed by atoms with Crippen molar-refractivity contribution in [1.82, 2.24) is 24.8 Å². The molecule has 0 atom stereocenters. The van der Waals surface area contributed by atoms with Gasteiger partial charge in [-0.15, -0.1) is 11.3 Å². The Bertz CT molecular complexity index is 922. The predicted molar refractivity (Wildman–Crippen MR) is 106 cm³/mol. The fraction of sp³-hybridized carbons (Fsp3) is 0.389. The van der Waals surface area contributed by atoms with E-state index in [-0.39, 0.29) is 5.91 Å². The molecule has 0 bridgehead atoms. The number of piperazine rings is 1. The molecule has 0 unspecified atom stereocenters. The summed E-state index contributed by atoms with van der Waals surface area (Å²) in [5.41, 5.74) is 2.12. The van der Waals surface area contributed by atoms with E-state index < -0.39 is 0 Å². The molecule has 1 saturated heterocycles. The first-order valence-electron chi connectivity index (χ1n) is 8.95. The van der Waals surface area contributed by atoms with Crippen LogP contribution in [0.4, 0.5) is 11.8 Å². The topological polar surface area (TPSA) is 87.1 Å². The van der Waals surface area contributed by atoms with Crippen LogP contribution in [0.15, 0.2) is 30.2 Å². The number of aryl methyl sites for hydroxylation is 1. The number of aromatic nitrogens is 4. The van der Waals surface area contributed by atoms with Crippen LogP contribution in [-0.4, -0.2) is 63.5 Å². The number of hydrogen-bond acceptors (Lipinski definition) is 8. The molecule has 27 heavy (non-hydrogen) atoms. The molecule has 1 amide bonds. The maximum Gasteiger partial charge on any atom is 0.225 e. The molecule has 0 saturated carbocycles. The van der Waals surface area contributed by atoms with Gasteiger partial charge in [0.05, 0.1) is 10.2 Å². The fourth-order valence-corrected chi connectivity index (χ4v) is 4.12. The van der Waals surface area contributed by atoms with Crippen molar-refractivity contribution in [2.24, 2.45) is 0 Å². The van der Waals surface area contributed by atoms with E-state index in [4.69, 9.17) is 0 Å². The molecule has 1 fully saturated rings. The molecular formula is C18H21N7OS. The molecule has 1 aliphatic rings. The highest BCUT2D eigenvalue weighted by atomic mass is 32.1. The van der Waals surface area contributed by atoms with Gasteiger partial charge in [-0.3, -0.25) is 4.79 Å². The van der Waals surface area contributed by atoms with E-state index >= 15 is 0 Å². The van der Waals surface area contributed by atoms with Gasteiger partial charge in [-0.1, -0.05) is 0 Å². The van der Waals surface area contributed by atoms with E-state index in [2.05, 4.69) is 35.5 Å². The normalized spacial score (nSPS) is 14.6. The van der Waals surface area contributed by atoms with E-state index in [1.807, 2.05) is 11.8 Å². The minimum absolute atomic E-state index is 0.156. The van der Waals surface area contributed by atoms with Crippen LogP contribution >= 0.6 is 11.3 Å². The molecule has 3 aromatic rings. The van der Waals surface area contributed by atoms with Crippen LogP contribution in [-0.2, 0) is 4.79 Å². The highest BCUT2D eigenvalue weighted by molar-refractivity contribution is 7.18. The second kappa shape index (κ2) is 7.83. The zero-order valence-corrected chi connectivity index (χ0v) is 15.9. The Morgan fingerprint density at radius 1 is 1.15 bits per heavy atom. The van der Waals surface area contributed by atoms with E-state index in [0.717, 1.165) is 40.6 Å².